The molecule has 3 aromatic carbocycles. The van der Waals surface area contributed by atoms with Gasteiger partial charge in [-0.25, -0.2) is 4.90 Å². The Morgan fingerprint density at radius 2 is 1.36 bits per heavy atom. The number of amides is 2. The van der Waals surface area contributed by atoms with Crippen molar-refractivity contribution in [1.29, 1.82) is 0 Å². The van der Waals surface area contributed by atoms with Crippen LogP contribution in [-0.2, 0) is 12.8 Å². The number of carbonyl (C=O) groups excluding carboxylic acids is 2. The first kappa shape index (κ1) is 14.4. The average Bonchev–Trinajstić information content (AvgIpc) is 3.01. The second-order valence-corrected chi connectivity index (χ2v) is 7.03. The van der Waals surface area contributed by atoms with E-state index in [2.05, 4.69) is 0 Å². The fourth-order valence-corrected chi connectivity index (χ4v) is 4.29. The van der Waals surface area contributed by atoms with Crippen molar-refractivity contribution < 1.29 is 9.59 Å². The minimum Gasteiger partial charge on any atom is -0.268 e. The van der Waals surface area contributed by atoms with Gasteiger partial charge in [-0.3, -0.25) is 9.59 Å². The van der Waals surface area contributed by atoms with E-state index < -0.39 is 0 Å². The maximum atomic E-state index is 13.2. The molecule has 2 aliphatic rings. The Hall–Kier alpha value is -2.94. The molecule has 0 aromatic heterocycles. The Bertz CT molecular complexity index is 1050. The molecule has 0 unspecified atom stereocenters. The van der Waals surface area contributed by atoms with E-state index in [4.69, 9.17) is 0 Å². The highest BCUT2D eigenvalue weighted by atomic mass is 16.2. The van der Waals surface area contributed by atoms with Gasteiger partial charge in [-0.1, -0.05) is 29.8 Å². The van der Waals surface area contributed by atoms with Gasteiger partial charge in [0.1, 0.15) is 0 Å². The lowest BCUT2D eigenvalue weighted by atomic mass is 9.90. The van der Waals surface area contributed by atoms with Crippen LogP contribution in [0.1, 0.15) is 43.0 Å². The van der Waals surface area contributed by atoms with Crippen molar-refractivity contribution in [3.63, 3.8) is 0 Å². The van der Waals surface area contributed by atoms with Crippen LogP contribution in [0.25, 0.3) is 10.8 Å². The first-order chi connectivity index (χ1) is 12.1. The van der Waals surface area contributed by atoms with Gasteiger partial charge in [0.15, 0.2) is 0 Å². The van der Waals surface area contributed by atoms with Crippen LogP contribution in [0, 0.1) is 13.8 Å². The fraction of sp³-hybridized carbons (Fsp3) is 0.182. The first-order valence-corrected chi connectivity index (χ1v) is 8.60. The number of rotatable bonds is 1. The van der Waals surface area contributed by atoms with Crippen LogP contribution in [0.3, 0.4) is 0 Å². The molecule has 3 aromatic rings. The van der Waals surface area contributed by atoms with E-state index in [-0.39, 0.29) is 11.8 Å². The molecule has 2 amide bonds. The Balaban J connectivity index is 1.80. The zero-order chi connectivity index (χ0) is 17.3. The molecular weight excluding hydrogens is 310 g/mol. The molecule has 5 rings (SSSR count). The topological polar surface area (TPSA) is 37.4 Å². The van der Waals surface area contributed by atoms with Gasteiger partial charge < -0.3 is 0 Å². The number of hydrogen-bond donors (Lipinski definition) is 0. The summed E-state index contributed by atoms with van der Waals surface area (Å²) >= 11 is 0. The number of hydrogen-bond acceptors (Lipinski definition) is 2. The van der Waals surface area contributed by atoms with Crippen molar-refractivity contribution in [2.75, 3.05) is 4.90 Å². The van der Waals surface area contributed by atoms with E-state index in [1.165, 1.54) is 16.0 Å². The average molecular weight is 327 g/mol. The lowest BCUT2D eigenvalue weighted by Gasteiger charge is -2.29. The number of anilines is 1. The third-order valence-corrected chi connectivity index (χ3v) is 5.46. The molecule has 0 saturated heterocycles. The first-order valence-electron chi connectivity index (χ1n) is 8.60. The molecule has 1 aliphatic heterocycles. The number of nitrogens with zero attached hydrogens (tertiary/aromatic N) is 1. The molecule has 3 heteroatoms. The quantitative estimate of drug-likeness (QED) is 0.623. The van der Waals surface area contributed by atoms with Crippen LogP contribution in [0.15, 0.2) is 42.5 Å². The molecule has 3 nitrogen and oxygen atoms in total. The van der Waals surface area contributed by atoms with E-state index in [9.17, 15) is 9.59 Å². The van der Waals surface area contributed by atoms with E-state index in [1.807, 2.05) is 56.3 Å². The van der Waals surface area contributed by atoms with Crippen LogP contribution in [-0.4, -0.2) is 11.8 Å². The van der Waals surface area contributed by atoms with Crippen molar-refractivity contribution in [2.45, 2.75) is 26.7 Å². The smallest absolute Gasteiger partial charge is 0.265 e. The second kappa shape index (κ2) is 4.79. The molecule has 0 atom stereocenters. The van der Waals surface area contributed by atoms with Gasteiger partial charge in [-0.2, -0.15) is 0 Å². The number of aryl methyl sites for hydroxylation is 4. The Morgan fingerprint density at radius 3 is 1.92 bits per heavy atom. The summed E-state index contributed by atoms with van der Waals surface area (Å²) in [6.45, 7) is 3.94. The molecule has 0 N–H and O–H groups in total. The number of imide groups is 1. The Labute approximate surface area is 145 Å². The van der Waals surface area contributed by atoms with Crippen molar-refractivity contribution in [3.8, 4) is 0 Å². The summed E-state index contributed by atoms with van der Waals surface area (Å²) in [5, 5.41) is 1.97. The van der Waals surface area contributed by atoms with Gasteiger partial charge in [0.2, 0.25) is 0 Å². The summed E-state index contributed by atoms with van der Waals surface area (Å²) < 4.78 is 0. The molecule has 0 saturated carbocycles. The van der Waals surface area contributed by atoms with Gasteiger partial charge in [-0.15, -0.1) is 0 Å². The molecule has 1 heterocycles. The van der Waals surface area contributed by atoms with Crippen LogP contribution in [0.5, 0.6) is 0 Å². The second-order valence-electron chi connectivity index (χ2n) is 7.03. The molecular formula is C22H17NO2. The summed E-state index contributed by atoms with van der Waals surface area (Å²) in [5.74, 6) is -0.444. The molecule has 0 radical (unpaired) electrons. The zero-order valence-electron chi connectivity index (χ0n) is 14.2. The molecule has 0 bridgehead atoms. The Morgan fingerprint density at radius 1 is 0.760 bits per heavy atom. The van der Waals surface area contributed by atoms with Crippen LogP contribution in [0.2, 0.25) is 0 Å². The predicted molar refractivity (Wildman–Crippen MR) is 98.4 cm³/mol. The zero-order valence-corrected chi connectivity index (χ0v) is 14.2. The SMILES string of the molecule is Cc1ccc(N2C(=O)c3ccc4c5c(ccc(c35)C2=O)CC4)c(C)c1. The summed E-state index contributed by atoms with van der Waals surface area (Å²) in [6, 6.07) is 13.7. The van der Waals surface area contributed by atoms with Crippen LogP contribution >= 0.6 is 0 Å². The standard InChI is InChI=1S/C22H17NO2/c1-12-3-10-18(13(2)11-12)23-21(24)16-8-6-14-4-5-15-7-9-17(22(23)25)20(16)19(14)15/h3,6-11H,4-5H2,1-2H3. The van der Waals surface area contributed by atoms with Gasteiger partial charge in [-0.05, 0) is 67.0 Å². The predicted octanol–water partition coefficient (Wildman–Crippen LogP) is 4.36. The van der Waals surface area contributed by atoms with Gasteiger partial charge in [0.05, 0.1) is 5.69 Å². The minimum atomic E-state index is -0.222. The lowest BCUT2D eigenvalue weighted by molar-refractivity contribution is 0.0893. The van der Waals surface area contributed by atoms with Gasteiger partial charge in [0.25, 0.3) is 11.8 Å². The molecule has 0 fully saturated rings. The summed E-state index contributed by atoms with van der Waals surface area (Å²) in [4.78, 5) is 27.7. The summed E-state index contributed by atoms with van der Waals surface area (Å²) in [6.07, 6.45) is 1.97. The summed E-state index contributed by atoms with van der Waals surface area (Å²) in [5.41, 5.74) is 6.48. The molecule has 25 heavy (non-hydrogen) atoms. The normalized spacial score (nSPS) is 15.4. The van der Waals surface area contributed by atoms with Crippen molar-refractivity contribution in [2.24, 2.45) is 0 Å². The van der Waals surface area contributed by atoms with Gasteiger partial charge >= 0.3 is 0 Å². The minimum absolute atomic E-state index is 0.222. The summed E-state index contributed by atoms with van der Waals surface area (Å²) in [7, 11) is 0. The number of carbonyl (C=O) groups is 2. The highest BCUT2D eigenvalue weighted by Crippen LogP contribution is 2.39. The van der Waals surface area contributed by atoms with Crippen LogP contribution < -0.4 is 4.90 Å². The van der Waals surface area contributed by atoms with Crippen LogP contribution in [0.4, 0.5) is 5.69 Å². The largest absolute Gasteiger partial charge is 0.268 e. The van der Waals surface area contributed by atoms with E-state index in [0.29, 0.717) is 16.8 Å². The van der Waals surface area contributed by atoms with E-state index >= 15 is 0 Å². The third kappa shape index (κ3) is 1.81. The molecule has 0 spiro atoms. The van der Waals surface area contributed by atoms with E-state index in [1.54, 1.807) is 0 Å². The van der Waals surface area contributed by atoms with Gasteiger partial charge in [0, 0.05) is 16.5 Å². The lowest BCUT2D eigenvalue weighted by Crippen LogP contribution is -2.40. The fourth-order valence-electron chi connectivity index (χ4n) is 4.29. The van der Waals surface area contributed by atoms with Crippen molar-refractivity contribution in [3.05, 3.63) is 75.8 Å². The maximum absolute atomic E-state index is 13.2. The van der Waals surface area contributed by atoms with Crippen molar-refractivity contribution in [1.82, 2.24) is 0 Å². The number of benzene rings is 3. The molecule has 122 valence electrons. The molecule has 1 aliphatic carbocycles. The van der Waals surface area contributed by atoms with E-state index in [0.717, 1.165) is 34.7 Å². The highest BCUT2D eigenvalue weighted by Gasteiger charge is 2.36. The highest BCUT2D eigenvalue weighted by molar-refractivity contribution is 6.36. The maximum Gasteiger partial charge on any atom is 0.265 e. The van der Waals surface area contributed by atoms with Crippen molar-refractivity contribution >= 4 is 28.3 Å². The Kier molecular flexibility index (Phi) is 2.76. The third-order valence-electron chi connectivity index (χ3n) is 5.46. The monoisotopic (exact) mass is 327 g/mol.